The SMILES string of the molecule is CN1c2ccccc2N2c3ccccc3C3(c4cc(N(c5ccc(C(C)(C)C)cc5)c5cccc6c5oc5ccccc56)ccc4-c4c3cc(N(c3ccc(C(C)(C)C)cc3)c3cccc5c3oc3ccccc35)c3c4sc4ccccc43)c3cccc1c32. The van der Waals surface area contributed by atoms with E-state index in [-0.39, 0.29) is 10.8 Å². The van der Waals surface area contributed by atoms with Crippen molar-refractivity contribution in [2.45, 2.75) is 57.8 Å². The molecule has 0 fully saturated rings. The summed E-state index contributed by atoms with van der Waals surface area (Å²) >= 11 is 1.91. The summed E-state index contributed by atoms with van der Waals surface area (Å²) in [6, 6.07) is 92.8. The van der Waals surface area contributed by atoms with E-state index in [9.17, 15) is 0 Å². The van der Waals surface area contributed by atoms with E-state index in [0.717, 1.165) is 101 Å². The molecule has 6 nitrogen and oxygen atoms in total. The number of para-hydroxylation sites is 8. The van der Waals surface area contributed by atoms with E-state index in [4.69, 9.17) is 8.83 Å². The number of benzene rings is 12. The number of fused-ring (bicyclic) bond motifs is 21. The molecule has 0 saturated carbocycles. The first-order chi connectivity index (χ1) is 43.3. The third-order valence-electron chi connectivity index (χ3n) is 19.5. The number of hydrogen-bond donors (Lipinski definition) is 0. The topological polar surface area (TPSA) is 39.2 Å². The van der Waals surface area contributed by atoms with E-state index in [1.165, 1.54) is 70.4 Å². The second-order valence-electron chi connectivity index (χ2n) is 26.4. The highest BCUT2D eigenvalue weighted by Crippen LogP contribution is 2.69. The summed E-state index contributed by atoms with van der Waals surface area (Å²) in [4.78, 5) is 9.91. The Morgan fingerprint density at radius 3 is 1.55 bits per heavy atom. The standard InChI is InChI=1S/C82H62N4O2S/c1-80(2,3)49-37-41-51(42-38-49)84(68-32-18-24-56-54-21-8-15-34-71(54)87-77(56)68)53-45-46-58-62(47-53)82(60-26-11-12-28-64(60)86-66-30-14-13-29-65(66)83(7)67-31-20-27-61(82)76(67)86)63-48-70(75-59-23-10-17-36-73(59)89-79(75)74(58)63)85(52-43-39-50(40-44-52)81(4,5)6)69-33-19-25-57-55-22-9-16-35-72(55)88-78(57)69/h8-48H,1-7H3. The number of rotatable bonds is 6. The molecule has 7 heteroatoms. The van der Waals surface area contributed by atoms with Gasteiger partial charge in [0.05, 0.1) is 50.9 Å². The Labute approximate surface area is 521 Å². The van der Waals surface area contributed by atoms with Crippen LogP contribution in [0.2, 0.25) is 0 Å². The zero-order valence-corrected chi connectivity index (χ0v) is 51.5. The average molecular weight is 1170 g/mol. The summed E-state index contributed by atoms with van der Waals surface area (Å²) in [7, 11) is 2.23. The minimum atomic E-state index is -0.883. The van der Waals surface area contributed by atoms with Crippen molar-refractivity contribution in [1.82, 2.24) is 0 Å². The van der Waals surface area contributed by atoms with Crippen LogP contribution in [0.1, 0.15) is 74.9 Å². The molecule has 3 aliphatic rings. The van der Waals surface area contributed by atoms with Crippen LogP contribution in [0.25, 0.3) is 75.2 Å². The number of nitrogens with zero attached hydrogens (tertiary/aromatic N) is 4. The maximum Gasteiger partial charge on any atom is 0.159 e. The van der Waals surface area contributed by atoms with Crippen LogP contribution in [0.15, 0.2) is 258 Å². The average Bonchev–Trinajstić information content (AvgIpc) is 1.56. The Morgan fingerprint density at radius 2 is 0.899 bits per heavy atom. The van der Waals surface area contributed by atoms with Gasteiger partial charge in [-0.3, -0.25) is 0 Å². The van der Waals surface area contributed by atoms with E-state index in [0.29, 0.717) is 0 Å². The maximum atomic E-state index is 7.11. The van der Waals surface area contributed by atoms with Crippen LogP contribution >= 0.6 is 11.3 Å². The van der Waals surface area contributed by atoms with Crippen LogP contribution in [0.5, 0.6) is 0 Å². The third kappa shape index (κ3) is 7.25. The van der Waals surface area contributed by atoms with Gasteiger partial charge in [-0.2, -0.15) is 0 Å². The van der Waals surface area contributed by atoms with Gasteiger partial charge in [0, 0.05) is 71.4 Å². The molecule has 12 aromatic carbocycles. The summed E-state index contributed by atoms with van der Waals surface area (Å²) in [5.41, 5.74) is 24.3. The van der Waals surface area contributed by atoms with E-state index in [1.807, 2.05) is 11.3 Å². The molecule has 2 aliphatic heterocycles. The van der Waals surface area contributed by atoms with Crippen LogP contribution < -0.4 is 19.6 Å². The Bertz CT molecular complexity index is 5460. The zero-order valence-electron chi connectivity index (χ0n) is 50.7. The van der Waals surface area contributed by atoms with Gasteiger partial charge < -0.3 is 28.4 Å². The Hall–Kier alpha value is -10.3. The Kier molecular flexibility index (Phi) is 10.8. The lowest BCUT2D eigenvalue weighted by atomic mass is 9.64. The molecule has 3 aromatic heterocycles. The van der Waals surface area contributed by atoms with Crippen molar-refractivity contribution in [3.8, 4) is 11.1 Å². The van der Waals surface area contributed by atoms with Gasteiger partial charge in [0.25, 0.3) is 0 Å². The smallest absolute Gasteiger partial charge is 0.159 e. The molecule has 1 aliphatic carbocycles. The van der Waals surface area contributed by atoms with Gasteiger partial charge in [-0.05, 0) is 147 Å². The van der Waals surface area contributed by atoms with Crippen LogP contribution in [-0.2, 0) is 16.2 Å². The fourth-order valence-electron chi connectivity index (χ4n) is 15.3. The normalized spacial score (nSPS) is 14.9. The van der Waals surface area contributed by atoms with Crippen molar-refractivity contribution in [3.05, 3.63) is 282 Å². The maximum absolute atomic E-state index is 7.11. The Balaban J connectivity index is 0.995. The first-order valence-corrected chi connectivity index (χ1v) is 31.8. The van der Waals surface area contributed by atoms with Crippen molar-refractivity contribution in [2.24, 2.45) is 0 Å². The van der Waals surface area contributed by atoms with Crippen LogP contribution in [0.3, 0.4) is 0 Å². The summed E-state index contributed by atoms with van der Waals surface area (Å²) < 4.78 is 16.6. The molecule has 18 rings (SSSR count). The largest absolute Gasteiger partial charge is 0.454 e. The third-order valence-corrected chi connectivity index (χ3v) is 20.7. The highest BCUT2D eigenvalue weighted by atomic mass is 32.1. The summed E-state index contributed by atoms with van der Waals surface area (Å²) in [6.45, 7) is 13.7. The highest BCUT2D eigenvalue weighted by Gasteiger charge is 2.55. The van der Waals surface area contributed by atoms with Crippen molar-refractivity contribution in [2.75, 3.05) is 26.6 Å². The minimum Gasteiger partial charge on any atom is -0.454 e. The van der Waals surface area contributed by atoms with Gasteiger partial charge in [-0.15, -0.1) is 11.3 Å². The van der Waals surface area contributed by atoms with Gasteiger partial charge >= 0.3 is 0 Å². The van der Waals surface area contributed by atoms with Gasteiger partial charge in [0.2, 0.25) is 0 Å². The quantitative estimate of drug-likeness (QED) is 0.165. The van der Waals surface area contributed by atoms with Gasteiger partial charge in [0.15, 0.2) is 11.2 Å². The summed E-state index contributed by atoms with van der Waals surface area (Å²) in [6.07, 6.45) is 0. The zero-order chi connectivity index (χ0) is 59.8. The summed E-state index contributed by atoms with van der Waals surface area (Å²) in [5.74, 6) is 0. The molecule has 15 aromatic rings. The lowest BCUT2D eigenvalue weighted by Crippen LogP contribution is -2.38. The van der Waals surface area contributed by atoms with Gasteiger partial charge in [-0.25, -0.2) is 0 Å². The van der Waals surface area contributed by atoms with Crippen LogP contribution in [0, 0.1) is 0 Å². The van der Waals surface area contributed by atoms with Gasteiger partial charge in [0.1, 0.15) is 11.2 Å². The molecular formula is C82H62N4O2S. The number of furan rings is 2. The van der Waals surface area contributed by atoms with Crippen LogP contribution in [-0.4, -0.2) is 7.05 Å². The van der Waals surface area contributed by atoms with Crippen molar-refractivity contribution in [1.29, 1.82) is 0 Å². The molecule has 0 saturated heterocycles. The molecule has 1 spiro atoms. The van der Waals surface area contributed by atoms with E-state index in [1.54, 1.807) is 0 Å². The van der Waals surface area contributed by atoms with Crippen molar-refractivity contribution in [3.63, 3.8) is 0 Å². The first-order valence-electron chi connectivity index (χ1n) is 31.0. The molecule has 5 heterocycles. The molecule has 1 atom stereocenters. The molecule has 0 radical (unpaired) electrons. The van der Waals surface area contributed by atoms with E-state index < -0.39 is 5.41 Å². The van der Waals surface area contributed by atoms with E-state index >= 15 is 0 Å². The van der Waals surface area contributed by atoms with Crippen molar-refractivity contribution < 1.29 is 8.83 Å². The van der Waals surface area contributed by atoms with Crippen LogP contribution in [0.4, 0.5) is 62.6 Å². The molecule has 89 heavy (non-hydrogen) atoms. The second-order valence-corrected chi connectivity index (χ2v) is 27.5. The predicted molar refractivity (Wildman–Crippen MR) is 374 cm³/mol. The fraction of sp³-hybridized carbons (Fsp3) is 0.122. The molecule has 0 bridgehead atoms. The van der Waals surface area contributed by atoms with Gasteiger partial charge in [-0.1, -0.05) is 193 Å². The Morgan fingerprint density at radius 1 is 0.393 bits per heavy atom. The van der Waals surface area contributed by atoms with E-state index in [2.05, 4.69) is 317 Å². The molecular weight excluding hydrogens is 1100 g/mol. The summed E-state index contributed by atoms with van der Waals surface area (Å²) in [5, 5.41) is 6.77. The lowest BCUT2D eigenvalue weighted by molar-refractivity contribution is 0.590. The predicted octanol–water partition coefficient (Wildman–Crippen LogP) is 23.6. The number of thiophene rings is 1. The molecule has 1 unspecified atom stereocenters. The number of hydrogen-bond acceptors (Lipinski definition) is 7. The monoisotopic (exact) mass is 1170 g/mol. The number of anilines is 11. The lowest BCUT2D eigenvalue weighted by Gasteiger charge is -2.49. The highest BCUT2D eigenvalue weighted by molar-refractivity contribution is 7.26. The molecule has 428 valence electrons. The molecule has 0 amide bonds. The van der Waals surface area contributed by atoms with Crippen molar-refractivity contribution >= 4 is 138 Å². The minimum absolute atomic E-state index is 0.0414. The fourth-order valence-corrected chi connectivity index (χ4v) is 16.6. The molecule has 0 N–H and O–H groups in total. The first kappa shape index (κ1) is 51.8. The second kappa shape index (κ2) is 18.6.